The molecule has 1 aromatic rings. The van der Waals surface area contributed by atoms with Crippen molar-refractivity contribution in [2.24, 2.45) is 4.99 Å². The molecule has 1 aliphatic rings. The van der Waals surface area contributed by atoms with Crippen LogP contribution in [0.2, 0.25) is 0 Å². The Morgan fingerprint density at radius 1 is 1.42 bits per heavy atom. The Bertz CT molecular complexity index is 548. The monoisotopic (exact) mass is 483 g/mol. The van der Waals surface area contributed by atoms with E-state index in [1.54, 1.807) is 11.3 Å². The van der Waals surface area contributed by atoms with Gasteiger partial charge in [-0.25, -0.2) is 4.99 Å². The number of rotatable bonds is 6. The molecule has 1 aliphatic carbocycles. The molecule has 2 N–H and O–H groups in total. The Labute approximate surface area is 169 Å². The van der Waals surface area contributed by atoms with Gasteiger partial charge in [0.2, 0.25) is 0 Å². The predicted octanol–water partition coefficient (Wildman–Crippen LogP) is 3.81. The maximum atomic E-state index is 12.1. The number of nitrogens with zero attached hydrogens (tertiary/aromatic N) is 1. The first-order valence-corrected chi connectivity index (χ1v) is 10.8. The van der Waals surface area contributed by atoms with E-state index >= 15 is 0 Å². The van der Waals surface area contributed by atoms with E-state index in [0.717, 1.165) is 50.5 Å². The summed E-state index contributed by atoms with van der Waals surface area (Å²) in [4.78, 5) is 6.05. The Hall–Kier alpha value is -0.150. The second kappa shape index (κ2) is 11.5. The summed E-state index contributed by atoms with van der Waals surface area (Å²) in [6, 6.07) is 2.52. The van der Waals surface area contributed by atoms with Crippen molar-refractivity contribution in [3.63, 3.8) is 0 Å². The molecule has 1 heterocycles. The fraction of sp³-hybridized carbons (Fsp3) is 0.706. The van der Waals surface area contributed by atoms with Crippen LogP contribution in [-0.2, 0) is 17.3 Å². The Morgan fingerprint density at radius 2 is 2.21 bits per heavy atom. The summed E-state index contributed by atoms with van der Waals surface area (Å²) >= 11 is 1.76. The van der Waals surface area contributed by atoms with E-state index in [1.165, 1.54) is 10.4 Å². The Kier molecular flexibility index (Phi) is 10.5. The van der Waals surface area contributed by atoms with Gasteiger partial charge >= 0.3 is 0 Å². The van der Waals surface area contributed by atoms with Gasteiger partial charge in [0, 0.05) is 39.3 Å². The van der Waals surface area contributed by atoms with Gasteiger partial charge in [-0.3, -0.25) is 4.21 Å². The largest absolute Gasteiger partial charge is 0.357 e. The van der Waals surface area contributed by atoms with Crippen molar-refractivity contribution in [1.29, 1.82) is 0 Å². The second-order valence-corrected chi connectivity index (χ2v) is 9.03. The van der Waals surface area contributed by atoms with Crippen molar-refractivity contribution in [3.8, 4) is 0 Å². The zero-order valence-corrected chi connectivity index (χ0v) is 18.8. The lowest BCUT2D eigenvalue weighted by atomic mass is 9.95. The third kappa shape index (κ3) is 6.63. The van der Waals surface area contributed by atoms with Gasteiger partial charge < -0.3 is 10.6 Å². The molecule has 0 spiro atoms. The second-order valence-electron chi connectivity index (χ2n) is 6.02. The maximum Gasteiger partial charge on any atom is 0.191 e. The van der Waals surface area contributed by atoms with Crippen LogP contribution < -0.4 is 10.6 Å². The Balaban J connectivity index is 0.00000288. The standard InChI is InChI=1S/C17H29N3OS2.HI/c1-4-18-17(19-12-16-13(3)9-10-22-16)20-14-7-6-8-15(11-14)23(21)5-2;/h9-10,14-15H,4-8,11-12H2,1-3H3,(H2,18,19,20);1H. The highest BCUT2D eigenvalue weighted by atomic mass is 127. The number of guanidine groups is 1. The van der Waals surface area contributed by atoms with Crippen molar-refractivity contribution in [2.75, 3.05) is 12.3 Å². The minimum Gasteiger partial charge on any atom is -0.357 e. The summed E-state index contributed by atoms with van der Waals surface area (Å²) in [5.41, 5.74) is 1.31. The minimum atomic E-state index is -0.682. The number of aryl methyl sites for hydroxylation is 1. The molecule has 24 heavy (non-hydrogen) atoms. The molecular formula is C17H30IN3OS2. The maximum absolute atomic E-state index is 12.1. The Morgan fingerprint density at radius 3 is 2.83 bits per heavy atom. The number of hydrogen-bond donors (Lipinski definition) is 2. The lowest BCUT2D eigenvalue weighted by molar-refractivity contribution is 0.413. The van der Waals surface area contributed by atoms with E-state index in [9.17, 15) is 4.21 Å². The van der Waals surface area contributed by atoms with Crippen molar-refractivity contribution in [2.45, 2.75) is 64.3 Å². The molecule has 0 amide bonds. The predicted molar refractivity (Wildman–Crippen MR) is 117 cm³/mol. The SMILES string of the molecule is CCNC(=NCc1sccc1C)NC1CCCC(S(=O)CC)C1.I. The molecule has 1 aromatic heterocycles. The van der Waals surface area contributed by atoms with E-state index < -0.39 is 10.8 Å². The lowest BCUT2D eigenvalue weighted by Gasteiger charge is -2.30. The molecule has 0 bridgehead atoms. The summed E-state index contributed by atoms with van der Waals surface area (Å²) < 4.78 is 12.1. The molecule has 3 unspecified atom stereocenters. The molecule has 4 nitrogen and oxygen atoms in total. The fourth-order valence-corrected chi connectivity index (χ4v) is 5.16. The average Bonchev–Trinajstić information content (AvgIpc) is 2.97. The van der Waals surface area contributed by atoms with Gasteiger partial charge in [0.15, 0.2) is 5.96 Å². The zero-order valence-electron chi connectivity index (χ0n) is 14.8. The van der Waals surface area contributed by atoms with Crippen molar-refractivity contribution >= 4 is 52.1 Å². The first kappa shape index (κ1) is 21.9. The smallest absolute Gasteiger partial charge is 0.191 e. The number of nitrogens with one attached hydrogen (secondary N) is 2. The van der Waals surface area contributed by atoms with Gasteiger partial charge in [0.25, 0.3) is 0 Å². The van der Waals surface area contributed by atoms with Crippen LogP contribution >= 0.6 is 35.3 Å². The van der Waals surface area contributed by atoms with Gasteiger partial charge in [0.05, 0.1) is 6.54 Å². The lowest BCUT2D eigenvalue weighted by Crippen LogP contribution is -2.46. The third-order valence-corrected chi connectivity index (χ3v) is 7.06. The molecule has 0 saturated heterocycles. The van der Waals surface area contributed by atoms with E-state index in [0.29, 0.717) is 11.3 Å². The van der Waals surface area contributed by atoms with Gasteiger partial charge in [-0.05, 0) is 50.1 Å². The third-order valence-electron chi connectivity index (χ3n) is 4.32. The molecule has 1 saturated carbocycles. The van der Waals surface area contributed by atoms with Crippen molar-refractivity contribution in [3.05, 3.63) is 21.9 Å². The van der Waals surface area contributed by atoms with Crippen molar-refractivity contribution in [1.82, 2.24) is 10.6 Å². The summed E-state index contributed by atoms with van der Waals surface area (Å²) in [6.07, 6.45) is 4.38. The summed E-state index contributed by atoms with van der Waals surface area (Å²) in [7, 11) is -0.682. The van der Waals surface area contributed by atoms with E-state index in [2.05, 4.69) is 35.9 Å². The first-order chi connectivity index (χ1) is 11.1. The van der Waals surface area contributed by atoms with Crippen LogP contribution in [0.3, 0.4) is 0 Å². The van der Waals surface area contributed by atoms with Gasteiger partial charge in [-0.15, -0.1) is 35.3 Å². The highest BCUT2D eigenvalue weighted by Gasteiger charge is 2.26. The fourth-order valence-electron chi connectivity index (χ4n) is 2.98. The molecule has 1 fully saturated rings. The zero-order chi connectivity index (χ0) is 16.7. The van der Waals surface area contributed by atoms with Gasteiger partial charge in [-0.2, -0.15) is 0 Å². The summed E-state index contributed by atoms with van der Waals surface area (Å²) in [6.45, 7) is 7.81. The quantitative estimate of drug-likeness (QED) is 0.368. The minimum absolute atomic E-state index is 0. The molecule has 0 aromatic carbocycles. The number of hydrogen-bond acceptors (Lipinski definition) is 3. The van der Waals surface area contributed by atoms with E-state index in [-0.39, 0.29) is 24.0 Å². The highest BCUT2D eigenvalue weighted by molar-refractivity contribution is 14.0. The van der Waals surface area contributed by atoms with Crippen LogP contribution in [0.15, 0.2) is 16.4 Å². The summed E-state index contributed by atoms with van der Waals surface area (Å²) in [5, 5.41) is 9.35. The van der Waals surface area contributed by atoms with Crippen LogP contribution in [-0.4, -0.2) is 33.8 Å². The van der Waals surface area contributed by atoms with Gasteiger partial charge in [-0.1, -0.05) is 13.3 Å². The normalized spacial score (nSPS) is 22.5. The topological polar surface area (TPSA) is 53.5 Å². The molecule has 0 radical (unpaired) electrons. The number of thiophene rings is 1. The van der Waals surface area contributed by atoms with Crippen molar-refractivity contribution < 1.29 is 4.21 Å². The molecule has 0 aliphatic heterocycles. The van der Waals surface area contributed by atoms with Crippen LogP contribution in [0.25, 0.3) is 0 Å². The summed E-state index contributed by atoms with van der Waals surface area (Å²) in [5.74, 6) is 1.65. The molecule has 138 valence electrons. The highest BCUT2D eigenvalue weighted by Crippen LogP contribution is 2.23. The van der Waals surface area contributed by atoms with Crippen LogP contribution in [0.5, 0.6) is 0 Å². The molecular weight excluding hydrogens is 453 g/mol. The number of aliphatic imine (C=N–C) groups is 1. The first-order valence-electron chi connectivity index (χ1n) is 8.59. The van der Waals surface area contributed by atoms with E-state index in [4.69, 9.17) is 4.99 Å². The molecule has 2 rings (SSSR count). The van der Waals surface area contributed by atoms with Crippen LogP contribution in [0, 0.1) is 6.92 Å². The molecule has 3 atom stereocenters. The van der Waals surface area contributed by atoms with Gasteiger partial charge in [0.1, 0.15) is 0 Å². The molecule has 7 heteroatoms. The van der Waals surface area contributed by atoms with Crippen LogP contribution in [0.1, 0.15) is 50.0 Å². The van der Waals surface area contributed by atoms with E-state index in [1.807, 2.05) is 6.92 Å². The van der Waals surface area contributed by atoms with Crippen LogP contribution in [0.4, 0.5) is 0 Å². The number of halogens is 1. The average molecular weight is 483 g/mol.